The van der Waals surface area contributed by atoms with Crippen LogP contribution in [0.4, 0.5) is 10.5 Å². The molecule has 0 saturated carbocycles. The predicted molar refractivity (Wildman–Crippen MR) is 89.9 cm³/mol. The quantitative estimate of drug-likeness (QED) is 0.930. The molecule has 1 unspecified atom stereocenters. The highest BCUT2D eigenvalue weighted by Gasteiger charge is 2.25. The number of halogens is 1. The van der Waals surface area contributed by atoms with Gasteiger partial charge in [-0.05, 0) is 49.2 Å². The van der Waals surface area contributed by atoms with Crippen molar-refractivity contribution in [2.75, 3.05) is 18.4 Å². The minimum absolute atomic E-state index is 0.00196. The van der Waals surface area contributed by atoms with Crippen molar-refractivity contribution in [3.8, 4) is 5.75 Å². The zero-order valence-corrected chi connectivity index (χ0v) is 13.4. The summed E-state index contributed by atoms with van der Waals surface area (Å²) in [5.41, 5.74) is 0.733. The third-order valence-electron chi connectivity index (χ3n) is 3.71. The smallest absolute Gasteiger partial charge is 0.321 e. The zero-order valence-electron chi connectivity index (χ0n) is 12.6. The molecule has 2 heterocycles. The predicted octanol–water partition coefficient (Wildman–Crippen LogP) is 3.81. The summed E-state index contributed by atoms with van der Waals surface area (Å²) in [7, 11) is 0. The highest BCUT2D eigenvalue weighted by molar-refractivity contribution is 6.30. The summed E-state index contributed by atoms with van der Waals surface area (Å²) in [5.74, 6) is 0.782. The number of anilines is 1. The van der Waals surface area contributed by atoms with Crippen LogP contribution in [0.5, 0.6) is 5.75 Å². The average molecular weight is 332 g/mol. The maximum atomic E-state index is 12.4. The van der Waals surface area contributed by atoms with E-state index in [1.54, 1.807) is 41.6 Å². The fraction of sp³-hybridized carbons (Fsp3) is 0.294. The van der Waals surface area contributed by atoms with Crippen molar-refractivity contribution >= 4 is 23.3 Å². The summed E-state index contributed by atoms with van der Waals surface area (Å²) < 4.78 is 5.92. The van der Waals surface area contributed by atoms with Crippen LogP contribution in [0.2, 0.25) is 5.02 Å². The lowest BCUT2D eigenvalue weighted by Crippen LogP contribution is -2.46. The molecule has 1 aliphatic heterocycles. The molecule has 0 radical (unpaired) electrons. The lowest BCUT2D eigenvalue weighted by molar-refractivity contribution is 0.106. The second-order valence-electron chi connectivity index (χ2n) is 5.45. The first-order chi connectivity index (χ1) is 11.2. The molecule has 6 heteroatoms. The summed E-state index contributed by atoms with van der Waals surface area (Å²) in [4.78, 5) is 18.1. The van der Waals surface area contributed by atoms with Gasteiger partial charge < -0.3 is 15.0 Å². The number of urea groups is 1. The van der Waals surface area contributed by atoms with E-state index in [-0.39, 0.29) is 12.1 Å². The molecule has 1 N–H and O–H groups in total. The molecule has 120 valence electrons. The summed E-state index contributed by atoms with van der Waals surface area (Å²) in [6.45, 7) is 1.30. The van der Waals surface area contributed by atoms with Crippen molar-refractivity contribution < 1.29 is 9.53 Å². The van der Waals surface area contributed by atoms with E-state index in [0.29, 0.717) is 11.6 Å². The maximum absolute atomic E-state index is 12.4. The van der Waals surface area contributed by atoms with Gasteiger partial charge in [-0.15, -0.1) is 0 Å². The topological polar surface area (TPSA) is 54.5 Å². The summed E-state index contributed by atoms with van der Waals surface area (Å²) in [6.07, 6.45) is 5.26. The Morgan fingerprint density at radius 3 is 2.70 bits per heavy atom. The number of hydrogen-bond donors (Lipinski definition) is 1. The summed E-state index contributed by atoms with van der Waals surface area (Å²) >= 11 is 5.85. The molecular formula is C17H18ClN3O2. The molecule has 1 fully saturated rings. The van der Waals surface area contributed by atoms with E-state index in [1.807, 2.05) is 12.1 Å². The van der Waals surface area contributed by atoms with Gasteiger partial charge in [0.05, 0.1) is 6.54 Å². The van der Waals surface area contributed by atoms with Crippen molar-refractivity contribution in [2.24, 2.45) is 0 Å². The average Bonchev–Trinajstić information content (AvgIpc) is 2.58. The molecule has 1 atom stereocenters. The van der Waals surface area contributed by atoms with Crippen molar-refractivity contribution in [3.05, 3.63) is 53.8 Å². The highest BCUT2D eigenvalue weighted by Crippen LogP contribution is 2.19. The molecule has 0 spiro atoms. The van der Waals surface area contributed by atoms with Gasteiger partial charge in [0, 0.05) is 29.6 Å². The first-order valence-corrected chi connectivity index (χ1v) is 7.97. The SMILES string of the molecule is O=C(Nc1ccc(Cl)cc1)N1CCCC(Oc2ccncc2)C1. The third-order valence-corrected chi connectivity index (χ3v) is 3.97. The van der Waals surface area contributed by atoms with E-state index in [9.17, 15) is 4.79 Å². The van der Waals surface area contributed by atoms with Crippen LogP contribution in [-0.4, -0.2) is 35.1 Å². The van der Waals surface area contributed by atoms with Gasteiger partial charge in [0.25, 0.3) is 0 Å². The molecule has 0 bridgehead atoms. The highest BCUT2D eigenvalue weighted by atomic mass is 35.5. The second kappa shape index (κ2) is 7.33. The number of rotatable bonds is 3. The number of carbonyl (C=O) groups is 1. The molecule has 5 nitrogen and oxygen atoms in total. The van der Waals surface area contributed by atoms with Gasteiger partial charge in [-0.25, -0.2) is 4.79 Å². The van der Waals surface area contributed by atoms with E-state index in [4.69, 9.17) is 16.3 Å². The minimum atomic E-state index is -0.115. The molecule has 3 rings (SSSR count). The Bertz CT molecular complexity index is 649. The largest absolute Gasteiger partial charge is 0.488 e. The number of pyridine rings is 1. The second-order valence-corrected chi connectivity index (χ2v) is 5.88. The van der Waals surface area contributed by atoms with E-state index in [2.05, 4.69) is 10.3 Å². The first kappa shape index (κ1) is 15.6. The molecule has 23 heavy (non-hydrogen) atoms. The van der Waals surface area contributed by atoms with E-state index < -0.39 is 0 Å². The van der Waals surface area contributed by atoms with Crippen LogP contribution in [0.25, 0.3) is 0 Å². The fourth-order valence-electron chi connectivity index (χ4n) is 2.56. The Morgan fingerprint density at radius 2 is 1.96 bits per heavy atom. The number of amides is 2. The zero-order chi connectivity index (χ0) is 16.1. The fourth-order valence-corrected chi connectivity index (χ4v) is 2.69. The van der Waals surface area contributed by atoms with Crippen molar-refractivity contribution in [2.45, 2.75) is 18.9 Å². The van der Waals surface area contributed by atoms with Gasteiger partial charge >= 0.3 is 6.03 Å². The summed E-state index contributed by atoms with van der Waals surface area (Å²) in [5, 5.41) is 3.53. The third kappa shape index (κ3) is 4.36. The molecule has 0 aliphatic carbocycles. The monoisotopic (exact) mass is 331 g/mol. The Balaban J connectivity index is 1.57. The van der Waals surface area contributed by atoms with Crippen molar-refractivity contribution in [1.29, 1.82) is 0 Å². The lowest BCUT2D eigenvalue weighted by Gasteiger charge is -2.32. The number of nitrogens with zero attached hydrogens (tertiary/aromatic N) is 2. The molecule has 2 amide bonds. The van der Waals surface area contributed by atoms with Gasteiger partial charge in [-0.3, -0.25) is 4.98 Å². The van der Waals surface area contributed by atoms with E-state index in [1.165, 1.54) is 0 Å². The van der Waals surface area contributed by atoms with Crippen LogP contribution in [-0.2, 0) is 0 Å². The normalized spacial score (nSPS) is 17.6. The number of nitrogens with one attached hydrogen (secondary N) is 1. The Hall–Kier alpha value is -2.27. The Morgan fingerprint density at radius 1 is 1.22 bits per heavy atom. The van der Waals surface area contributed by atoms with Gasteiger partial charge in [0.1, 0.15) is 11.9 Å². The van der Waals surface area contributed by atoms with Crippen LogP contribution in [0.1, 0.15) is 12.8 Å². The number of ether oxygens (including phenoxy) is 1. The van der Waals surface area contributed by atoms with E-state index >= 15 is 0 Å². The number of carbonyl (C=O) groups excluding carboxylic acids is 1. The first-order valence-electron chi connectivity index (χ1n) is 7.59. The van der Waals surface area contributed by atoms with Gasteiger partial charge in [-0.2, -0.15) is 0 Å². The van der Waals surface area contributed by atoms with Crippen molar-refractivity contribution in [1.82, 2.24) is 9.88 Å². The molecule has 1 saturated heterocycles. The van der Waals surface area contributed by atoms with E-state index in [0.717, 1.165) is 30.8 Å². The summed E-state index contributed by atoms with van der Waals surface area (Å²) in [6, 6.07) is 10.6. The number of aromatic nitrogens is 1. The van der Waals surface area contributed by atoms with Crippen LogP contribution >= 0.6 is 11.6 Å². The minimum Gasteiger partial charge on any atom is -0.488 e. The molecule has 2 aromatic rings. The molecule has 1 aromatic carbocycles. The van der Waals surface area contributed by atoms with Crippen LogP contribution in [0.15, 0.2) is 48.8 Å². The number of hydrogen-bond acceptors (Lipinski definition) is 3. The van der Waals surface area contributed by atoms with Crippen molar-refractivity contribution in [3.63, 3.8) is 0 Å². The van der Waals surface area contributed by atoms with Crippen LogP contribution in [0.3, 0.4) is 0 Å². The lowest BCUT2D eigenvalue weighted by atomic mass is 10.1. The number of benzene rings is 1. The Labute approximate surface area is 140 Å². The number of piperidine rings is 1. The number of likely N-dealkylation sites (tertiary alicyclic amines) is 1. The molecule has 1 aliphatic rings. The standard InChI is InChI=1S/C17H18ClN3O2/c18-13-3-5-14(6-4-13)20-17(22)21-11-1-2-16(12-21)23-15-7-9-19-10-8-15/h3-10,16H,1-2,11-12H2,(H,20,22). The van der Waals surface area contributed by atoms with Crippen LogP contribution < -0.4 is 10.1 Å². The van der Waals surface area contributed by atoms with Crippen LogP contribution in [0, 0.1) is 0 Å². The maximum Gasteiger partial charge on any atom is 0.321 e. The van der Waals surface area contributed by atoms with Gasteiger partial charge in [0.15, 0.2) is 0 Å². The van der Waals surface area contributed by atoms with Gasteiger partial charge in [0.2, 0.25) is 0 Å². The molecule has 1 aromatic heterocycles. The van der Waals surface area contributed by atoms with Gasteiger partial charge in [-0.1, -0.05) is 11.6 Å². The Kier molecular flexibility index (Phi) is 4.98. The molecular weight excluding hydrogens is 314 g/mol.